The van der Waals surface area contributed by atoms with Crippen molar-refractivity contribution in [1.29, 1.82) is 0 Å². The zero-order chi connectivity index (χ0) is 20.5. The van der Waals surface area contributed by atoms with Crippen LogP contribution >= 0.6 is 11.6 Å². The summed E-state index contributed by atoms with van der Waals surface area (Å²) < 4.78 is 23.5. The highest BCUT2D eigenvalue weighted by molar-refractivity contribution is 6.30. The van der Waals surface area contributed by atoms with Gasteiger partial charge in [-0.3, -0.25) is 4.79 Å². The Kier molecular flexibility index (Phi) is 7.58. The number of unbranched alkanes of at least 4 members (excludes halogenated alkanes) is 1. The Labute approximate surface area is 173 Å². The molecule has 1 aromatic heterocycles. The van der Waals surface area contributed by atoms with E-state index in [0.29, 0.717) is 42.1 Å². The van der Waals surface area contributed by atoms with E-state index < -0.39 is 0 Å². The number of amides is 1. The van der Waals surface area contributed by atoms with Gasteiger partial charge in [-0.15, -0.1) is 0 Å². The maximum absolute atomic E-state index is 12.8. The minimum atomic E-state index is -0.290. The number of benzene rings is 2. The lowest BCUT2D eigenvalue weighted by molar-refractivity contribution is -0.121. The molecule has 152 valence electrons. The molecule has 3 aromatic rings. The Balaban J connectivity index is 1.29. The molecule has 1 N–H and O–H groups in total. The monoisotopic (exact) mass is 417 g/mol. The van der Waals surface area contributed by atoms with Crippen molar-refractivity contribution in [1.82, 2.24) is 15.5 Å². The molecule has 1 amide bonds. The predicted molar refractivity (Wildman–Crippen MR) is 107 cm³/mol. The summed E-state index contributed by atoms with van der Waals surface area (Å²) in [5, 5.41) is 7.41. The molecule has 0 fully saturated rings. The highest BCUT2D eigenvalue weighted by Crippen LogP contribution is 2.19. The van der Waals surface area contributed by atoms with Crippen molar-refractivity contribution >= 4 is 17.5 Å². The number of rotatable bonds is 10. The lowest BCUT2D eigenvalue weighted by Crippen LogP contribution is -2.25. The van der Waals surface area contributed by atoms with Crippen molar-refractivity contribution < 1.29 is 18.4 Å². The summed E-state index contributed by atoms with van der Waals surface area (Å²) in [5.74, 6) is 1.15. The second-order valence-electron chi connectivity index (χ2n) is 6.38. The van der Waals surface area contributed by atoms with Crippen molar-refractivity contribution in [2.75, 3.05) is 13.2 Å². The van der Waals surface area contributed by atoms with E-state index in [-0.39, 0.29) is 18.1 Å². The molecule has 0 bridgehead atoms. The molecule has 0 atom stereocenters. The number of nitrogens with one attached hydrogen (secondary N) is 1. The van der Waals surface area contributed by atoms with Crippen LogP contribution in [0.2, 0.25) is 5.02 Å². The van der Waals surface area contributed by atoms with E-state index in [9.17, 15) is 9.18 Å². The first kappa shape index (κ1) is 20.8. The lowest BCUT2D eigenvalue weighted by Gasteiger charge is -2.07. The summed E-state index contributed by atoms with van der Waals surface area (Å²) in [4.78, 5) is 16.2. The fourth-order valence-corrected chi connectivity index (χ4v) is 2.68. The lowest BCUT2D eigenvalue weighted by atomic mass is 10.2. The molecule has 6 nitrogen and oxygen atoms in total. The minimum Gasteiger partial charge on any atom is -0.494 e. The van der Waals surface area contributed by atoms with Crippen LogP contribution in [0.5, 0.6) is 5.75 Å². The Morgan fingerprint density at radius 2 is 1.86 bits per heavy atom. The standard InChI is InChI=1S/C21H21ClFN3O3/c22-16-5-3-15(4-6-16)21-25-20(29-26-21)12-11-19(27)24-13-1-2-14-28-18-9-7-17(23)8-10-18/h3-10H,1-2,11-14H2,(H,24,27). The third kappa shape index (κ3) is 6.87. The largest absolute Gasteiger partial charge is 0.494 e. The molecule has 8 heteroatoms. The number of nitrogens with zero attached hydrogens (tertiary/aromatic N) is 2. The van der Waals surface area contributed by atoms with Crippen LogP contribution in [0, 0.1) is 5.82 Å². The van der Waals surface area contributed by atoms with Gasteiger partial charge in [-0.2, -0.15) is 4.98 Å². The molecule has 0 aliphatic rings. The molecule has 0 aliphatic heterocycles. The molecule has 0 spiro atoms. The van der Waals surface area contributed by atoms with E-state index in [2.05, 4.69) is 15.5 Å². The van der Waals surface area contributed by atoms with Gasteiger partial charge in [-0.05, 0) is 61.4 Å². The van der Waals surface area contributed by atoms with E-state index in [0.717, 1.165) is 18.4 Å². The van der Waals surface area contributed by atoms with E-state index >= 15 is 0 Å². The Hall–Kier alpha value is -2.93. The number of carbonyl (C=O) groups is 1. The van der Waals surface area contributed by atoms with Crippen LogP contribution in [0.4, 0.5) is 4.39 Å². The highest BCUT2D eigenvalue weighted by atomic mass is 35.5. The summed E-state index contributed by atoms with van der Waals surface area (Å²) in [6, 6.07) is 13.0. The van der Waals surface area contributed by atoms with Gasteiger partial charge in [0.25, 0.3) is 0 Å². The number of aromatic nitrogens is 2. The van der Waals surface area contributed by atoms with Crippen molar-refractivity contribution in [3.63, 3.8) is 0 Å². The number of halogens is 2. The normalized spacial score (nSPS) is 10.7. The molecule has 29 heavy (non-hydrogen) atoms. The van der Waals surface area contributed by atoms with Gasteiger partial charge in [0.2, 0.25) is 17.6 Å². The average molecular weight is 418 g/mol. The van der Waals surface area contributed by atoms with E-state index in [1.807, 2.05) is 12.1 Å². The van der Waals surface area contributed by atoms with Crippen molar-refractivity contribution in [3.05, 3.63) is 65.3 Å². The molecular formula is C21H21ClFN3O3. The zero-order valence-corrected chi connectivity index (χ0v) is 16.5. The summed E-state index contributed by atoms with van der Waals surface area (Å²) in [5.41, 5.74) is 0.803. The second-order valence-corrected chi connectivity index (χ2v) is 6.81. The first-order valence-corrected chi connectivity index (χ1v) is 9.71. The van der Waals surface area contributed by atoms with Crippen LogP contribution < -0.4 is 10.1 Å². The molecule has 0 saturated carbocycles. The fraction of sp³-hybridized carbons (Fsp3) is 0.286. The Morgan fingerprint density at radius 1 is 1.10 bits per heavy atom. The van der Waals surface area contributed by atoms with E-state index in [1.165, 1.54) is 12.1 Å². The van der Waals surface area contributed by atoms with Crippen LogP contribution in [-0.2, 0) is 11.2 Å². The van der Waals surface area contributed by atoms with Crippen LogP contribution in [0.1, 0.15) is 25.2 Å². The first-order valence-electron chi connectivity index (χ1n) is 9.34. The van der Waals surface area contributed by atoms with Crippen LogP contribution in [0.25, 0.3) is 11.4 Å². The number of carbonyl (C=O) groups excluding carboxylic acids is 1. The molecule has 0 saturated heterocycles. The molecule has 0 aliphatic carbocycles. The Morgan fingerprint density at radius 3 is 2.62 bits per heavy atom. The van der Waals surface area contributed by atoms with Gasteiger partial charge in [0, 0.05) is 30.0 Å². The number of aryl methyl sites for hydroxylation is 1. The number of ether oxygens (including phenoxy) is 1. The smallest absolute Gasteiger partial charge is 0.227 e. The highest BCUT2D eigenvalue weighted by Gasteiger charge is 2.10. The zero-order valence-electron chi connectivity index (χ0n) is 15.7. The summed E-state index contributed by atoms with van der Waals surface area (Å²) in [6.45, 7) is 1.07. The summed E-state index contributed by atoms with van der Waals surface area (Å²) in [6.07, 6.45) is 2.22. The van der Waals surface area contributed by atoms with Crippen LogP contribution in [0.15, 0.2) is 53.1 Å². The molecule has 3 rings (SSSR count). The fourth-order valence-electron chi connectivity index (χ4n) is 2.56. The van der Waals surface area contributed by atoms with E-state index in [1.54, 1.807) is 24.3 Å². The molecule has 0 radical (unpaired) electrons. The third-order valence-electron chi connectivity index (χ3n) is 4.11. The van der Waals surface area contributed by atoms with Gasteiger partial charge >= 0.3 is 0 Å². The van der Waals surface area contributed by atoms with Gasteiger partial charge in [-0.25, -0.2) is 4.39 Å². The van der Waals surface area contributed by atoms with Gasteiger partial charge in [0.15, 0.2) is 0 Å². The van der Waals surface area contributed by atoms with Crippen molar-refractivity contribution in [2.24, 2.45) is 0 Å². The van der Waals surface area contributed by atoms with E-state index in [4.69, 9.17) is 20.9 Å². The SMILES string of the molecule is O=C(CCc1nc(-c2ccc(Cl)cc2)no1)NCCCCOc1ccc(F)cc1. The summed E-state index contributed by atoms with van der Waals surface area (Å²) in [7, 11) is 0. The molecule has 1 heterocycles. The maximum Gasteiger partial charge on any atom is 0.227 e. The molecule has 0 unspecified atom stereocenters. The minimum absolute atomic E-state index is 0.0734. The van der Waals surface area contributed by atoms with Crippen molar-refractivity contribution in [3.8, 4) is 17.1 Å². The van der Waals surface area contributed by atoms with Gasteiger partial charge in [0.1, 0.15) is 11.6 Å². The average Bonchev–Trinajstić information content (AvgIpc) is 3.20. The molecule has 2 aromatic carbocycles. The molecular weight excluding hydrogens is 397 g/mol. The topological polar surface area (TPSA) is 77.2 Å². The maximum atomic E-state index is 12.8. The third-order valence-corrected chi connectivity index (χ3v) is 4.36. The van der Waals surface area contributed by atoms with Crippen LogP contribution in [-0.4, -0.2) is 29.2 Å². The van der Waals surface area contributed by atoms with Gasteiger partial charge < -0.3 is 14.6 Å². The van der Waals surface area contributed by atoms with Crippen LogP contribution in [0.3, 0.4) is 0 Å². The quantitative estimate of drug-likeness (QED) is 0.493. The first-order chi connectivity index (χ1) is 14.1. The second kappa shape index (κ2) is 10.6. The predicted octanol–water partition coefficient (Wildman–Crippen LogP) is 4.44. The van der Waals surface area contributed by atoms with Gasteiger partial charge in [-0.1, -0.05) is 16.8 Å². The summed E-state index contributed by atoms with van der Waals surface area (Å²) >= 11 is 5.86. The number of hydrogen-bond donors (Lipinski definition) is 1. The van der Waals surface area contributed by atoms with Gasteiger partial charge in [0.05, 0.1) is 6.61 Å². The van der Waals surface area contributed by atoms with Crippen molar-refractivity contribution in [2.45, 2.75) is 25.7 Å². The Bertz CT molecular complexity index is 914. The number of hydrogen-bond acceptors (Lipinski definition) is 5.